The summed E-state index contributed by atoms with van der Waals surface area (Å²) in [6.45, 7) is 0. The Labute approximate surface area is 129 Å². The maximum atomic E-state index is 11.4. The zero-order chi connectivity index (χ0) is 15.4. The summed E-state index contributed by atoms with van der Waals surface area (Å²) in [7, 11) is 0. The predicted octanol–water partition coefficient (Wildman–Crippen LogP) is 4.65. The van der Waals surface area contributed by atoms with Crippen LogP contribution in [0.1, 0.15) is 20.7 Å². The van der Waals surface area contributed by atoms with Gasteiger partial charge in [0.2, 0.25) is 0 Å². The predicted molar refractivity (Wildman–Crippen MR) is 88.1 cm³/mol. The molecule has 0 aliphatic carbocycles. The van der Waals surface area contributed by atoms with E-state index in [1.54, 1.807) is 12.1 Å². The molecule has 3 aromatic rings. The molecular formula is C20H14O2. The fourth-order valence-corrected chi connectivity index (χ4v) is 2.57. The van der Waals surface area contributed by atoms with Gasteiger partial charge in [-0.3, -0.25) is 9.59 Å². The van der Waals surface area contributed by atoms with Crippen molar-refractivity contribution in [1.29, 1.82) is 0 Å². The van der Waals surface area contributed by atoms with E-state index in [1.165, 1.54) is 0 Å². The largest absolute Gasteiger partial charge is 0.298 e. The van der Waals surface area contributed by atoms with Crippen LogP contribution in [0.5, 0.6) is 0 Å². The molecule has 0 atom stereocenters. The maximum Gasteiger partial charge on any atom is 0.151 e. The summed E-state index contributed by atoms with van der Waals surface area (Å²) in [5.74, 6) is 0. The van der Waals surface area contributed by atoms with Crippen LogP contribution in [0.2, 0.25) is 0 Å². The lowest BCUT2D eigenvalue weighted by Crippen LogP contribution is -1.94. The highest BCUT2D eigenvalue weighted by atomic mass is 16.1. The second-order valence-electron chi connectivity index (χ2n) is 4.99. The molecule has 2 nitrogen and oxygen atoms in total. The van der Waals surface area contributed by atoms with Crippen molar-refractivity contribution in [2.75, 3.05) is 0 Å². The molecule has 0 aromatic heterocycles. The molecule has 0 spiro atoms. The van der Waals surface area contributed by atoms with Crippen molar-refractivity contribution in [3.8, 4) is 22.3 Å². The maximum absolute atomic E-state index is 11.4. The third kappa shape index (κ3) is 2.59. The van der Waals surface area contributed by atoms with Gasteiger partial charge in [0, 0.05) is 11.1 Å². The van der Waals surface area contributed by atoms with Crippen LogP contribution in [0.15, 0.2) is 72.8 Å². The van der Waals surface area contributed by atoms with Crippen LogP contribution < -0.4 is 0 Å². The third-order valence-corrected chi connectivity index (χ3v) is 3.67. The fourth-order valence-electron chi connectivity index (χ4n) is 2.57. The van der Waals surface area contributed by atoms with Gasteiger partial charge in [0.25, 0.3) is 0 Å². The number of rotatable bonds is 4. The van der Waals surface area contributed by atoms with Gasteiger partial charge in [-0.15, -0.1) is 0 Å². The summed E-state index contributed by atoms with van der Waals surface area (Å²) < 4.78 is 0. The van der Waals surface area contributed by atoms with E-state index in [-0.39, 0.29) is 0 Å². The molecule has 0 saturated carbocycles. The Hall–Kier alpha value is -3.00. The minimum atomic E-state index is 0.414. The molecule has 0 aliphatic heterocycles. The summed E-state index contributed by atoms with van der Waals surface area (Å²) in [6, 6.07) is 23.3. The van der Waals surface area contributed by atoms with Crippen LogP contribution in [-0.4, -0.2) is 12.6 Å². The smallest absolute Gasteiger partial charge is 0.151 e. The van der Waals surface area contributed by atoms with Crippen molar-refractivity contribution in [2.24, 2.45) is 0 Å². The number of carbonyl (C=O) groups is 2. The van der Waals surface area contributed by atoms with Crippen LogP contribution in [0.4, 0.5) is 0 Å². The van der Waals surface area contributed by atoms with E-state index < -0.39 is 0 Å². The molecule has 0 unspecified atom stereocenters. The molecule has 2 heteroatoms. The van der Waals surface area contributed by atoms with Crippen LogP contribution in [-0.2, 0) is 0 Å². The normalized spacial score (nSPS) is 10.2. The average Bonchev–Trinajstić information content (AvgIpc) is 2.61. The first-order valence-corrected chi connectivity index (χ1v) is 7.02. The van der Waals surface area contributed by atoms with Gasteiger partial charge in [0.05, 0.1) is 0 Å². The van der Waals surface area contributed by atoms with E-state index in [1.807, 2.05) is 60.7 Å². The number of benzene rings is 3. The molecule has 22 heavy (non-hydrogen) atoms. The minimum Gasteiger partial charge on any atom is -0.298 e. The highest BCUT2D eigenvalue weighted by Crippen LogP contribution is 2.29. The van der Waals surface area contributed by atoms with Crippen LogP contribution in [0.25, 0.3) is 22.3 Å². The van der Waals surface area contributed by atoms with Crippen molar-refractivity contribution >= 4 is 12.6 Å². The van der Waals surface area contributed by atoms with Crippen molar-refractivity contribution < 1.29 is 9.59 Å². The summed E-state index contributed by atoms with van der Waals surface area (Å²) in [5.41, 5.74) is 4.74. The van der Waals surface area contributed by atoms with E-state index in [0.29, 0.717) is 17.4 Å². The monoisotopic (exact) mass is 286 g/mol. The fraction of sp³-hybridized carbons (Fsp3) is 0. The van der Waals surface area contributed by atoms with E-state index in [4.69, 9.17) is 0 Å². The lowest BCUT2D eigenvalue weighted by atomic mass is 9.94. The molecule has 106 valence electrons. The second kappa shape index (κ2) is 6.19. The van der Waals surface area contributed by atoms with Crippen molar-refractivity contribution in [1.82, 2.24) is 0 Å². The van der Waals surface area contributed by atoms with Gasteiger partial charge in [-0.25, -0.2) is 0 Å². The molecule has 0 N–H and O–H groups in total. The van der Waals surface area contributed by atoms with Crippen molar-refractivity contribution in [3.05, 3.63) is 83.9 Å². The van der Waals surface area contributed by atoms with Crippen LogP contribution >= 0.6 is 0 Å². The molecular weight excluding hydrogens is 272 g/mol. The number of hydrogen-bond acceptors (Lipinski definition) is 2. The highest BCUT2D eigenvalue weighted by molar-refractivity contribution is 5.97. The van der Waals surface area contributed by atoms with Gasteiger partial charge in [-0.1, -0.05) is 66.7 Å². The van der Waals surface area contributed by atoms with Gasteiger partial charge >= 0.3 is 0 Å². The molecule has 0 amide bonds. The van der Waals surface area contributed by atoms with Gasteiger partial charge in [0.1, 0.15) is 0 Å². The van der Waals surface area contributed by atoms with Gasteiger partial charge in [-0.2, -0.15) is 0 Å². The Morgan fingerprint density at radius 3 is 2.00 bits per heavy atom. The quantitative estimate of drug-likeness (QED) is 0.654. The summed E-state index contributed by atoms with van der Waals surface area (Å²) in [6.07, 6.45) is 1.46. The summed E-state index contributed by atoms with van der Waals surface area (Å²) in [5, 5.41) is 0. The van der Waals surface area contributed by atoms with Crippen molar-refractivity contribution in [2.45, 2.75) is 0 Å². The molecule has 0 bridgehead atoms. The average molecular weight is 286 g/mol. The molecule has 3 aromatic carbocycles. The van der Waals surface area contributed by atoms with E-state index in [0.717, 1.165) is 28.5 Å². The van der Waals surface area contributed by atoms with E-state index in [9.17, 15) is 9.59 Å². The Balaban J connectivity index is 2.14. The first-order chi connectivity index (χ1) is 10.8. The van der Waals surface area contributed by atoms with E-state index >= 15 is 0 Å². The zero-order valence-electron chi connectivity index (χ0n) is 11.9. The topological polar surface area (TPSA) is 34.1 Å². The number of hydrogen-bond donors (Lipinski definition) is 0. The Bertz CT molecular complexity index is 820. The Morgan fingerprint density at radius 2 is 1.27 bits per heavy atom. The molecule has 0 heterocycles. The van der Waals surface area contributed by atoms with Gasteiger partial charge in [-0.05, 0) is 28.3 Å². The van der Waals surface area contributed by atoms with Gasteiger partial charge in [0.15, 0.2) is 12.6 Å². The molecule has 3 rings (SSSR count). The van der Waals surface area contributed by atoms with Gasteiger partial charge < -0.3 is 0 Å². The first kappa shape index (κ1) is 14.0. The standard InChI is InChI=1S/C20H14O2/c21-13-18-10-5-11-19(20(18)14-22)17-9-4-8-16(12-17)15-6-2-1-3-7-15/h1-14H. The first-order valence-electron chi connectivity index (χ1n) is 7.02. The van der Waals surface area contributed by atoms with Crippen LogP contribution in [0.3, 0.4) is 0 Å². The molecule has 0 aliphatic rings. The Kier molecular flexibility index (Phi) is 3.92. The lowest BCUT2D eigenvalue weighted by molar-refractivity contribution is 0.109. The SMILES string of the molecule is O=Cc1cccc(-c2cccc(-c3ccccc3)c2)c1C=O. The minimum absolute atomic E-state index is 0.414. The zero-order valence-corrected chi connectivity index (χ0v) is 11.9. The second-order valence-corrected chi connectivity index (χ2v) is 4.99. The molecule has 0 radical (unpaired) electrons. The molecule has 0 fully saturated rings. The highest BCUT2D eigenvalue weighted by Gasteiger charge is 2.09. The van der Waals surface area contributed by atoms with E-state index in [2.05, 4.69) is 0 Å². The third-order valence-electron chi connectivity index (χ3n) is 3.67. The van der Waals surface area contributed by atoms with Crippen LogP contribution in [0, 0.1) is 0 Å². The summed E-state index contributed by atoms with van der Waals surface area (Å²) >= 11 is 0. The summed E-state index contributed by atoms with van der Waals surface area (Å²) in [4.78, 5) is 22.5. The number of carbonyl (C=O) groups excluding carboxylic acids is 2. The lowest BCUT2D eigenvalue weighted by Gasteiger charge is -2.09. The number of aldehydes is 2. The van der Waals surface area contributed by atoms with Crippen molar-refractivity contribution in [3.63, 3.8) is 0 Å². The molecule has 0 saturated heterocycles. The Morgan fingerprint density at radius 1 is 0.591 bits per heavy atom.